The van der Waals surface area contributed by atoms with Gasteiger partial charge in [-0.1, -0.05) is 91.1 Å². The van der Waals surface area contributed by atoms with Crippen LogP contribution >= 0.6 is 21.0 Å². The minimum Gasteiger partial charge on any atom is -0.490 e. The van der Waals surface area contributed by atoms with Gasteiger partial charge in [0.15, 0.2) is 23.0 Å². The van der Waals surface area contributed by atoms with Crippen LogP contribution in [-0.2, 0) is 22.3 Å². The first-order valence-corrected chi connectivity index (χ1v) is 20.3. The first-order valence-electron chi connectivity index (χ1n) is 17.0. The molecule has 4 unspecified atom stereocenters. The highest BCUT2D eigenvalue weighted by molar-refractivity contribution is 8.17. The zero-order valence-corrected chi connectivity index (χ0v) is 31.5. The Labute approximate surface area is 279 Å². The van der Waals surface area contributed by atoms with E-state index in [1.165, 1.54) is 60.8 Å². The molecule has 6 heteroatoms. The van der Waals surface area contributed by atoms with Crippen LogP contribution in [0.15, 0.2) is 24.3 Å². The molecule has 2 aliphatic rings. The number of hydrogen-bond donors (Lipinski definition) is 0. The van der Waals surface area contributed by atoms with E-state index in [1.54, 1.807) is 0 Å². The number of ether oxygens (including phenoxy) is 4. The predicted octanol–water partition coefficient (Wildman–Crippen LogP) is 10.8. The highest BCUT2D eigenvalue weighted by atomic mass is 32.2. The van der Waals surface area contributed by atoms with Crippen molar-refractivity contribution in [3.05, 3.63) is 46.5 Å². The molecule has 4 atom stereocenters. The monoisotopic (exact) mass is 656 g/mol. The van der Waals surface area contributed by atoms with Gasteiger partial charge in [0.25, 0.3) is 0 Å². The molecule has 0 radical (unpaired) electrons. The maximum atomic E-state index is 6.95. The van der Waals surface area contributed by atoms with Crippen LogP contribution < -0.4 is 18.9 Å². The summed E-state index contributed by atoms with van der Waals surface area (Å²) in [6.45, 7) is 22.8. The van der Waals surface area contributed by atoms with E-state index in [0.29, 0.717) is 23.7 Å². The number of benzene rings is 2. The van der Waals surface area contributed by atoms with Crippen molar-refractivity contribution >= 4 is 32.7 Å². The Balaban J connectivity index is 1.99. The SMILES string of the molecule is C=S1Cc2cc(C(C)(C)C)cc(OCC)c2OC(C)(C)Oc2c(cc(C(C)(C)C)cc2OCC)CS(=C)C2CCCCCCC21. The lowest BCUT2D eigenvalue weighted by Gasteiger charge is -2.34. The van der Waals surface area contributed by atoms with Gasteiger partial charge in [-0.05, 0) is 60.8 Å². The molecule has 0 spiro atoms. The molecular formula is C39H60O4S2. The first-order chi connectivity index (χ1) is 21.0. The largest absolute Gasteiger partial charge is 0.490 e. The molecule has 1 fully saturated rings. The summed E-state index contributed by atoms with van der Waals surface area (Å²) in [4.78, 5) is 0. The van der Waals surface area contributed by atoms with E-state index >= 15 is 0 Å². The summed E-state index contributed by atoms with van der Waals surface area (Å²) in [6, 6.07) is 9.02. The van der Waals surface area contributed by atoms with Crippen LogP contribution in [0.1, 0.15) is 130 Å². The molecule has 2 aromatic carbocycles. The Morgan fingerprint density at radius 2 is 1.07 bits per heavy atom. The zero-order chi connectivity index (χ0) is 33.2. The van der Waals surface area contributed by atoms with Gasteiger partial charge < -0.3 is 18.9 Å². The maximum Gasteiger partial charge on any atom is 0.246 e. The van der Waals surface area contributed by atoms with Crippen molar-refractivity contribution in [1.82, 2.24) is 0 Å². The summed E-state index contributed by atoms with van der Waals surface area (Å²) in [5.41, 5.74) is 4.76. The normalized spacial score (nSPS) is 24.4. The summed E-state index contributed by atoms with van der Waals surface area (Å²) in [7, 11) is -0.228. The highest BCUT2D eigenvalue weighted by Gasteiger charge is 2.34. The van der Waals surface area contributed by atoms with Gasteiger partial charge in [0.05, 0.1) is 13.2 Å². The number of fused-ring (bicyclic) bond motifs is 3. The van der Waals surface area contributed by atoms with Gasteiger partial charge in [0, 0.05) is 47.0 Å². The molecule has 45 heavy (non-hydrogen) atoms. The lowest BCUT2D eigenvalue weighted by Crippen LogP contribution is -2.36. The topological polar surface area (TPSA) is 36.9 Å². The fourth-order valence-corrected chi connectivity index (χ4v) is 11.2. The fourth-order valence-electron chi connectivity index (χ4n) is 6.46. The summed E-state index contributed by atoms with van der Waals surface area (Å²) < 4.78 is 26.6. The Kier molecular flexibility index (Phi) is 11.5. The average Bonchev–Trinajstić information content (AvgIpc) is 2.90. The summed E-state index contributed by atoms with van der Waals surface area (Å²) >= 11 is 0. The molecule has 1 saturated carbocycles. The van der Waals surface area contributed by atoms with E-state index < -0.39 is 5.79 Å². The molecule has 1 aliphatic heterocycles. The summed E-state index contributed by atoms with van der Waals surface area (Å²) in [5.74, 6) is 13.7. The summed E-state index contributed by atoms with van der Waals surface area (Å²) in [5, 5.41) is 1.03. The van der Waals surface area contributed by atoms with Gasteiger partial charge in [-0.3, -0.25) is 0 Å². The molecule has 2 aromatic rings. The van der Waals surface area contributed by atoms with Gasteiger partial charge in [0.1, 0.15) is 0 Å². The number of rotatable bonds is 4. The van der Waals surface area contributed by atoms with Crippen molar-refractivity contribution in [3.8, 4) is 23.0 Å². The second kappa shape index (κ2) is 14.5. The fraction of sp³-hybridized carbons (Fsp3) is 0.641. The van der Waals surface area contributed by atoms with E-state index in [2.05, 4.69) is 65.8 Å². The Morgan fingerprint density at radius 3 is 1.40 bits per heavy atom. The van der Waals surface area contributed by atoms with Gasteiger partial charge >= 0.3 is 0 Å². The third-order valence-electron chi connectivity index (χ3n) is 8.97. The van der Waals surface area contributed by atoms with Crippen molar-refractivity contribution in [3.63, 3.8) is 0 Å². The number of hydrogen-bond acceptors (Lipinski definition) is 4. The van der Waals surface area contributed by atoms with Gasteiger partial charge in [0.2, 0.25) is 5.79 Å². The van der Waals surface area contributed by atoms with Crippen LogP contribution in [0.5, 0.6) is 23.0 Å². The van der Waals surface area contributed by atoms with Crippen LogP contribution in [0.2, 0.25) is 0 Å². The van der Waals surface area contributed by atoms with E-state index in [0.717, 1.165) is 34.5 Å². The van der Waals surface area contributed by atoms with Crippen molar-refractivity contribution in [2.45, 2.75) is 146 Å². The Morgan fingerprint density at radius 1 is 0.689 bits per heavy atom. The van der Waals surface area contributed by atoms with Crippen molar-refractivity contribution < 1.29 is 18.9 Å². The first kappa shape index (κ1) is 35.9. The lowest BCUT2D eigenvalue weighted by atomic mass is 9.86. The quantitative estimate of drug-likeness (QED) is 0.307. The zero-order valence-electron chi connectivity index (χ0n) is 29.9. The standard InChI is InChI=1S/C39H60O4S2/c1-13-40-31-23-29(37(3,4)5)21-27-25-44(11)33-19-17-15-16-18-20-34(33)45(12)26-28-22-30(38(6,7)8)24-32(41-14-2)36(28)43-39(9,10)42-35(27)31/h21-24,33-34H,11-20,25-26H2,1-10H3. The molecule has 0 saturated heterocycles. The van der Waals surface area contributed by atoms with Crippen LogP contribution in [-0.4, -0.2) is 41.2 Å². The minimum atomic E-state index is -0.997. The molecule has 0 aromatic heterocycles. The second-order valence-electron chi connectivity index (χ2n) is 15.3. The van der Waals surface area contributed by atoms with Crippen molar-refractivity contribution in [2.24, 2.45) is 0 Å². The van der Waals surface area contributed by atoms with Crippen LogP contribution in [0.4, 0.5) is 0 Å². The highest BCUT2D eigenvalue weighted by Crippen LogP contribution is 2.49. The van der Waals surface area contributed by atoms with Crippen LogP contribution in [0.25, 0.3) is 0 Å². The van der Waals surface area contributed by atoms with Gasteiger partial charge in [-0.2, -0.15) is 21.0 Å². The predicted molar refractivity (Wildman–Crippen MR) is 200 cm³/mol. The lowest BCUT2D eigenvalue weighted by molar-refractivity contribution is -0.0845. The minimum absolute atomic E-state index is 0.0352. The molecule has 0 N–H and O–H groups in total. The third-order valence-corrected chi connectivity index (χ3v) is 13.3. The van der Waals surface area contributed by atoms with Crippen molar-refractivity contribution in [2.75, 3.05) is 13.2 Å². The second-order valence-corrected chi connectivity index (χ2v) is 19.3. The Hall–Kier alpha value is -1.92. The molecular weight excluding hydrogens is 597 g/mol. The molecule has 0 bridgehead atoms. The smallest absolute Gasteiger partial charge is 0.246 e. The van der Waals surface area contributed by atoms with Crippen molar-refractivity contribution in [1.29, 1.82) is 0 Å². The maximum absolute atomic E-state index is 6.95. The average molecular weight is 657 g/mol. The molecule has 4 nitrogen and oxygen atoms in total. The van der Waals surface area contributed by atoms with Gasteiger partial charge in [-0.15, -0.1) is 0 Å². The van der Waals surface area contributed by atoms with E-state index in [9.17, 15) is 0 Å². The van der Waals surface area contributed by atoms with E-state index in [4.69, 9.17) is 30.7 Å². The molecule has 4 rings (SSSR count). The van der Waals surface area contributed by atoms with Gasteiger partial charge in [-0.25, -0.2) is 0 Å². The Bertz CT molecular complexity index is 1280. The molecule has 1 heterocycles. The molecule has 0 amide bonds. The third kappa shape index (κ3) is 8.91. The van der Waals surface area contributed by atoms with E-state index in [1.807, 2.05) is 27.7 Å². The van der Waals surface area contributed by atoms with E-state index in [-0.39, 0.29) is 31.8 Å². The molecule has 252 valence electrons. The summed E-state index contributed by atoms with van der Waals surface area (Å²) in [6.07, 6.45) is 7.58. The van der Waals surface area contributed by atoms with Crippen LogP contribution in [0, 0.1) is 0 Å². The molecule has 1 aliphatic carbocycles. The van der Waals surface area contributed by atoms with Crippen LogP contribution in [0.3, 0.4) is 0 Å².